The lowest BCUT2D eigenvalue weighted by molar-refractivity contribution is 0.0260. The summed E-state index contributed by atoms with van der Waals surface area (Å²) in [5.41, 5.74) is 6.31. The van der Waals surface area contributed by atoms with Crippen LogP contribution in [0.5, 0.6) is 17.4 Å². The van der Waals surface area contributed by atoms with Gasteiger partial charge in [0.1, 0.15) is 23.3 Å². The number of nitrogens with two attached hydrogens (primary N) is 1. The van der Waals surface area contributed by atoms with Crippen LogP contribution in [0.3, 0.4) is 0 Å². The predicted octanol–water partition coefficient (Wildman–Crippen LogP) is 2.42. The molecule has 4 rings (SSSR count). The van der Waals surface area contributed by atoms with Gasteiger partial charge in [-0.3, -0.25) is 4.79 Å². The molecule has 1 amide bonds. The van der Waals surface area contributed by atoms with Crippen LogP contribution in [0.25, 0.3) is 10.9 Å². The number of aromatic amines is 1. The van der Waals surface area contributed by atoms with Crippen molar-refractivity contribution in [3.05, 3.63) is 42.2 Å². The second kappa shape index (κ2) is 7.96. The highest BCUT2D eigenvalue weighted by Crippen LogP contribution is 2.35. The van der Waals surface area contributed by atoms with E-state index in [1.807, 2.05) is 0 Å². The van der Waals surface area contributed by atoms with Crippen molar-refractivity contribution in [3.63, 3.8) is 0 Å². The van der Waals surface area contributed by atoms with Crippen molar-refractivity contribution < 1.29 is 27.4 Å². The Kier molecular flexibility index (Phi) is 5.35. The minimum Gasteiger partial charge on any atom is -0.488 e. The SMILES string of the molecule is CS(=O)(=O)c1ccc(Oc2cc(OC3CCOCC3)c3[nH]c(C(N)=O)cc3c2)nc1. The van der Waals surface area contributed by atoms with E-state index in [0.29, 0.717) is 35.6 Å². The average molecular weight is 431 g/mol. The van der Waals surface area contributed by atoms with Crippen molar-refractivity contribution in [2.75, 3.05) is 19.5 Å². The Morgan fingerprint density at radius 3 is 2.63 bits per heavy atom. The summed E-state index contributed by atoms with van der Waals surface area (Å²) >= 11 is 0. The van der Waals surface area contributed by atoms with E-state index in [9.17, 15) is 13.2 Å². The molecule has 0 saturated carbocycles. The molecule has 1 aliphatic rings. The molecule has 0 aliphatic carbocycles. The van der Waals surface area contributed by atoms with Gasteiger partial charge >= 0.3 is 0 Å². The standard InChI is InChI=1S/C20H21N3O6S/c1-30(25,26)15-2-3-18(22-11-15)29-14-8-12-9-16(20(21)24)23-19(12)17(10-14)28-13-4-6-27-7-5-13/h2-3,8-11,13,23H,4-7H2,1H3,(H2,21,24). The van der Waals surface area contributed by atoms with Gasteiger partial charge < -0.3 is 24.9 Å². The van der Waals surface area contributed by atoms with E-state index in [4.69, 9.17) is 19.9 Å². The van der Waals surface area contributed by atoms with Gasteiger partial charge in [0.05, 0.1) is 23.6 Å². The van der Waals surface area contributed by atoms with Gasteiger partial charge in [0.25, 0.3) is 5.91 Å². The topological polar surface area (TPSA) is 134 Å². The van der Waals surface area contributed by atoms with E-state index in [1.54, 1.807) is 18.2 Å². The number of carbonyl (C=O) groups is 1. The lowest BCUT2D eigenvalue weighted by Crippen LogP contribution is -2.26. The molecule has 1 saturated heterocycles. The summed E-state index contributed by atoms with van der Waals surface area (Å²) in [6.07, 6.45) is 3.84. The Bertz CT molecular complexity index is 1180. The van der Waals surface area contributed by atoms with Gasteiger partial charge in [-0.05, 0) is 18.2 Å². The van der Waals surface area contributed by atoms with Crippen LogP contribution in [-0.4, -0.2) is 49.9 Å². The second-order valence-corrected chi connectivity index (χ2v) is 9.08. The summed E-state index contributed by atoms with van der Waals surface area (Å²) in [6.45, 7) is 1.25. The highest BCUT2D eigenvalue weighted by Gasteiger charge is 2.19. The van der Waals surface area contributed by atoms with Crippen LogP contribution in [0.4, 0.5) is 0 Å². The minimum absolute atomic E-state index is 0.0234. The van der Waals surface area contributed by atoms with E-state index in [-0.39, 0.29) is 22.6 Å². The van der Waals surface area contributed by atoms with Crippen molar-refractivity contribution in [1.29, 1.82) is 0 Å². The van der Waals surface area contributed by atoms with Gasteiger partial charge in [0, 0.05) is 42.8 Å². The van der Waals surface area contributed by atoms with Crippen LogP contribution in [-0.2, 0) is 14.6 Å². The van der Waals surface area contributed by atoms with Gasteiger partial charge in [-0.25, -0.2) is 13.4 Å². The van der Waals surface area contributed by atoms with Crippen LogP contribution in [0.15, 0.2) is 41.4 Å². The van der Waals surface area contributed by atoms with Crippen LogP contribution in [0.2, 0.25) is 0 Å². The van der Waals surface area contributed by atoms with Crippen molar-refractivity contribution >= 4 is 26.6 Å². The lowest BCUT2D eigenvalue weighted by Gasteiger charge is -2.23. The zero-order valence-corrected chi connectivity index (χ0v) is 17.1. The molecule has 3 aromatic rings. The normalized spacial score (nSPS) is 15.2. The maximum absolute atomic E-state index is 11.6. The molecular formula is C20H21N3O6S. The molecule has 0 bridgehead atoms. The number of nitrogens with one attached hydrogen (secondary N) is 1. The number of benzene rings is 1. The smallest absolute Gasteiger partial charge is 0.265 e. The number of pyridine rings is 1. The predicted molar refractivity (Wildman–Crippen MR) is 109 cm³/mol. The van der Waals surface area contributed by atoms with Gasteiger partial charge in [0.15, 0.2) is 9.84 Å². The highest BCUT2D eigenvalue weighted by atomic mass is 32.2. The highest BCUT2D eigenvalue weighted by molar-refractivity contribution is 7.90. The summed E-state index contributed by atoms with van der Waals surface area (Å²) in [6, 6.07) is 7.96. The number of nitrogens with zero attached hydrogens (tertiary/aromatic N) is 1. The number of primary amides is 1. The number of fused-ring (bicyclic) bond motifs is 1. The summed E-state index contributed by atoms with van der Waals surface area (Å²) < 4.78 is 40.5. The second-order valence-electron chi connectivity index (χ2n) is 7.07. The van der Waals surface area contributed by atoms with Gasteiger partial charge in [0.2, 0.25) is 5.88 Å². The van der Waals surface area contributed by atoms with E-state index >= 15 is 0 Å². The van der Waals surface area contributed by atoms with E-state index in [1.165, 1.54) is 18.3 Å². The number of hydrogen-bond acceptors (Lipinski definition) is 7. The summed E-state index contributed by atoms with van der Waals surface area (Å²) in [4.78, 5) is 18.8. The Labute approximate surface area is 173 Å². The van der Waals surface area contributed by atoms with Gasteiger partial charge in [-0.2, -0.15) is 0 Å². The average Bonchev–Trinajstić information content (AvgIpc) is 3.13. The quantitative estimate of drug-likeness (QED) is 0.612. The number of carbonyl (C=O) groups excluding carboxylic acids is 1. The minimum atomic E-state index is -3.35. The molecule has 0 spiro atoms. The Hall–Kier alpha value is -3.11. The van der Waals surface area contributed by atoms with E-state index < -0.39 is 15.7 Å². The summed E-state index contributed by atoms with van der Waals surface area (Å²) in [5, 5.41) is 0.691. The number of amides is 1. The van der Waals surface area contributed by atoms with Crippen molar-refractivity contribution in [3.8, 4) is 17.4 Å². The molecule has 30 heavy (non-hydrogen) atoms. The number of hydrogen-bond donors (Lipinski definition) is 2. The maximum Gasteiger partial charge on any atom is 0.265 e. The first-order chi connectivity index (χ1) is 14.3. The van der Waals surface area contributed by atoms with Crippen LogP contribution in [0, 0.1) is 0 Å². The third-order valence-electron chi connectivity index (χ3n) is 4.75. The summed E-state index contributed by atoms with van der Waals surface area (Å²) in [7, 11) is -3.35. The van der Waals surface area contributed by atoms with Crippen LogP contribution >= 0.6 is 0 Å². The first kappa shape index (κ1) is 20.2. The van der Waals surface area contributed by atoms with Crippen molar-refractivity contribution in [2.45, 2.75) is 23.8 Å². The fourth-order valence-electron chi connectivity index (χ4n) is 3.21. The van der Waals surface area contributed by atoms with Crippen LogP contribution < -0.4 is 15.2 Å². The Morgan fingerprint density at radius 2 is 2.00 bits per heavy atom. The lowest BCUT2D eigenvalue weighted by atomic mass is 10.1. The number of rotatable bonds is 6. The molecule has 0 unspecified atom stereocenters. The molecule has 0 radical (unpaired) electrons. The molecule has 3 N–H and O–H groups in total. The van der Waals surface area contributed by atoms with Gasteiger partial charge in [-0.1, -0.05) is 0 Å². The van der Waals surface area contributed by atoms with E-state index in [0.717, 1.165) is 19.1 Å². The monoisotopic (exact) mass is 431 g/mol. The maximum atomic E-state index is 11.6. The first-order valence-corrected chi connectivity index (χ1v) is 11.2. The molecule has 2 aromatic heterocycles. The molecule has 158 valence electrons. The van der Waals surface area contributed by atoms with Crippen molar-refractivity contribution in [2.24, 2.45) is 5.73 Å². The van der Waals surface area contributed by atoms with E-state index in [2.05, 4.69) is 9.97 Å². The molecule has 1 aliphatic heterocycles. The fourth-order valence-corrected chi connectivity index (χ4v) is 3.77. The molecule has 3 heterocycles. The molecular weight excluding hydrogens is 410 g/mol. The molecule has 0 atom stereocenters. The zero-order valence-electron chi connectivity index (χ0n) is 16.3. The number of H-pyrrole nitrogens is 1. The van der Waals surface area contributed by atoms with Crippen LogP contribution in [0.1, 0.15) is 23.3 Å². The third kappa shape index (κ3) is 4.39. The number of sulfone groups is 1. The molecule has 10 heteroatoms. The van der Waals surface area contributed by atoms with Crippen molar-refractivity contribution in [1.82, 2.24) is 9.97 Å². The summed E-state index contributed by atoms with van der Waals surface area (Å²) in [5.74, 6) is 0.599. The third-order valence-corrected chi connectivity index (χ3v) is 5.85. The first-order valence-electron chi connectivity index (χ1n) is 9.34. The zero-order chi connectivity index (χ0) is 21.3. The number of aromatic nitrogens is 2. The largest absolute Gasteiger partial charge is 0.488 e. The molecule has 9 nitrogen and oxygen atoms in total. The molecule has 1 fully saturated rings. The Balaban J connectivity index is 1.67. The van der Waals surface area contributed by atoms with Gasteiger partial charge in [-0.15, -0.1) is 0 Å². The molecule has 1 aromatic carbocycles. The number of ether oxygens (including phenoxy) is 3. The fraction of sp³-hybridized carbons (Fsp3) is 0.300. The Morgan fingerprint density at radius 1 is 1.23 bits per heavy atom.